The fraction of sp³-hybridized carbons (Fsp3) is 0.471. The van der Waals surface area contributed by atoms with Gasteiger partial charge in [0.1, 0.15) is 5.82 Å². The molecule has 0 aliphatic carbocycles. The van der Waals surface area contributed by atoms with Crippen molar-refractivity contribution < 1.29 is 23.6 Å². The van der Waals surface area contributed by atoms with Gasteiger partial charge in [0.2, 0.25) is 17.6 Å². The van der Waals surface area contributed by atoms with Crippen molar-refractivity contribution in [1.82, 2.24) is 15.5 Å². The minimum atomic E-state index is -0.337. The molecule has 7 nitrogen and oxygen atoms in total. The van der Waals surface area contributed by atoms with Crippen LogP contribution in [-0.4, -0.2) is 47.5 Å². The van der Waals surface area contributed by atoms with Gasteiger partial charge < -0.3 is 19.7 Å². The molecule has 0 spiro atoms. The van der Waals surface area contributed by atoms with E-state index in [2.05, 4.69) is 15.5 Å². The zero-order valence-electron chi connectivity index (χ0n) is 14.3. The van der Waals surface area contributed by atoms with Gasteiger partial charge in [-0.3, -0.25) is 4.79 Å². The van der Waals surface area contributed by atoms with E-state index < -0.39 is 0 Å². The number of amides is 1. The van der Waals surface area contributed by atoms with Crippen LogP contribution in [0, 0.1) is 12.7 Å². The van der Waals surface area contributed by atoms with E-state index in [9.17, 15) is 9.18 Å². The van der Waals surface area contributed by atoms with E-state index in [1.165, 1.54) is 13.2 Å². The Morgan fingerprint density at radius 1 is 1.48 bits per heavy atom. The molecule has 1 amide bonds. The van der Waals surface area contributed by atoms with Crippen molar-refractivity contribution in [3.8, 4) is 11.4 Å². The van der Waals surface area contributed by atoms with E-state index in [1.807, 2.05) is 0 Å². The van der Waals surface area contributed by atoms with Crippen LogP contribution in [0.1, 0.15) is 24.3 Å². The molecule has 1 aromatic heterocycles. The first-order chi connectivity index (χ1) is 12.0. The molecule has 2 rings (SSSR count). The fourth-order valence-electron chi connectivity index (χ4n) is 2.28. The third-order valence-corrected chi connectivity index (χ3v) is 3.67. The number of methoxy groups -OCH3 is 1. The molecule has 1 unspecified atom stereocenters. The van der Waals surface area contributed by atoms with Crippen LogP contribution in [0.3, 0.4) is 0 Å². The van der Waals surface area contributed by atoms with Gasteiger partial charge in [0, 0.05) is 32.1 Å². The number of hydrogen-bond donors (Lipinski definition) is 2. The standard InChI is InChI=1S/C17H22FN3O4/c1-11-3-4-12(9-14(11)18)17-20-16(25-21-17)6-5-15(23)19-13(7-8-22)10-24-2/h3-4,9,13,22H,5-8,10H2,1-2H3,(H,19,23). The lowest BCUT2D eigenvalue weighted by Crippen LogP contribution is -2.38. The zero-order valence-corrected chi connectivity index (χ0v) is 14.3. The third kappa shape index (κ3) is 5.61. The van der Waals surface area contributed by atoms with Gasteiger partial charge in [0.25, 0.3) is 0 Å². The van der Waals surface area contributed by atoms with Crippen LogP contribution in [-0.2, 0) is 16.0 Å². The highest BCUT2D eigenvalue weighted by Crippen LogP contribution is 2.19. The predicted octanol–water partition coefficient (Wildman–Crippen LogP) is 1.63. The van der Waals surface area contributed by atoms with Crippen LogP contribution in [0.25, 0.3) is 11.4 Å². The topological polar surface area (TPSA) is 97.5 Å². The highest BCUT2D eigenvalue weighted by Gasteiger charge is 2.14. The lowest BCUT2D eigenvalue weighted by molar-refractivity contribution is -0.122. The van der Waals surface area contributed by atoms with E-state index in [0.717, 1.165) is 0 Å². The second kappa shape index (κ2) is 9.24. The summed E-state index contributed by atoms with van der Waals surface area (Å²) in [5.41, 5.74) is 1.06. The van der Waals surface area contributed by atoms with Crippen molar-refractivity contribution in [2.45, 2.75) is 32.2 Å². The van der Waals surface area contributed by atoms with Crippen LogP contribution in [0.15, 0.2) is 22.7 Å². The molecule has 0 saturated carbocycles. The average Bonchev–Trinajstić information content (AvgIpc) is 3.05. The summed E-state index contributed by atoms with van der Waals surface area (Å²) in [5, 5.41) is 15.6. The Morgan fingerprint density at radius 2 is 2.28 bits per heavy atom. The van der Waals surface area contributed by atoms with Crippen LogP contribution in [0.2, 0.25) is 0 Å². The van der Waals surface area contributed by atoms with Gasteiger partial charge in [-0.1, -0.05) is 17.3 Å². The number of benzene rings is 1. The molecule has 0 saturated heterocycles. The molecule has 25 heavy (non-hydrogen) atoms. The van der Waals surface area contributed by atoms with Gasteiger partial charge in [-0.2, -0.15) is 4.98 Å². The van der Waals surface area contributed by atoms with E-state index in [4.69, 9.17) is 14.4 Å². The summed E-state index contributed by atoms with van der Waals surface area (Å²) < 4.78 is 23.7. The van der Waals surface area contributed by atoms with Crippen molar-refractivity contribution in [2.24, 2.45) is 0 Å². The summed E-state index contributed by atoms with van der Waals surface area (Å²) in [6.45, 7) is 1.97. The SMILES string of the molecule is COCC(CCO)NC(=O)CCc1nc(-c2ccc(C)c(F)c2)no1. The van der Waals surface area contributed by atoms with Gasteiger partial charge in [0.15, 0.2) is 0 Å². The zero-order chi connectivity index (χ0) is 18.2. The number of nitrogens with one attached hydrogen (secondary N) is 1. The van der Waals surface area contributed by atoms with Gasteiger partial charge >= 0.3 is 0 Å². The molecule has 0 bridgehead atoms. The molecule has 8 heteroatoms. The monoisotopic (exact) mass is 351 g/mol. The number of aromatic nitrogens is 2. The Labute approximate surface area is 145 Å². The van der Waals surface area contributed by atoms with Crippen molar-refractivity contribution >= 4 is 5.91 Å². The third-order valence-electron chi connectivity index (χ3n) is 3.67. The Hall–Kier alpha value is -2.32. The van der Waals surface area contributed by atoms with Crippen LogP contribution < -0.4 is 5.32 Å². The minimum Gasteiger partial charge on any atom is -0.396 e. The van der Waals surface area contributed by atoms with Crippen molar-refractivity contribution in [1.29, 1.82) is 0 Å². The quantitative estimate of drug-likeness (QED) is 0.713. The average molecular weight is 351 g/mol. The maximum absolute atomic E-state index is 13.6. The molecule has 1 aromatic carbocycles. The van der Waals surface area contributed by atoms with Crippen LogP contribution in [0.4, 0.5) is 4.39 Å². The van der Waals surface area contributed by atoms with Crippen molar-refractivity contribution in [3.05, 3.63) is 35.5 Å². The van der Waals surface area contributed by atoms with Crippen molar-refractivity contribution in [3.63, 3.8) is 0 Å². The number of aliphatic hydroxyl groups is 1. The Kier molecular flexibility index (Phi) is 7.03. The number of aliphatic hydroxyl groups excluding tert-OH is 1. The summed E-state index contributed by atoms with van der Waals surface area (Å²) in [5.74, 6) is 0.0522. The number of aryl methyl sites for hydroxylation is 2. The van der Waals surface area contributed by atoms with Gasteiger partial charge in [0.05, 0.1) is 12.6 Å². The minimum absolute atomic E-state index is 0.0333. The molecular weight excluding hydrogens is 329 g/mol. The summed E-state index contributed by atoms with van der Waals surface area (Å²) in [6, 6.07) is 4.46. The number of carbonyl (C=O) groups excluding carboxylic acids is 1. The normalized spacial score (nSPS) is 12.2. The molecular formula is C17H22FN3O4. The highest BCUT2D eigenvalue weighted by atomic mass is 19.1. The highest BCUT2D eigenvalue weighted by molar-refractivity contribution is 5.76. The number of halogens is 1. The molecule has 1 atom stereocenters. The molecule has 2 N–H and O–H groups in total. The maximum atomic E-state index is 13.6. The lowest BCUT2D eigenvalue weighted by atomic mass is 10.1. The molecule has 1 heterocycles. The van der Waals surface area contributed by atoms with E-state index >= 15 is 0 Å². The second-order valence-corrected chi connectivity index (χ2v) is 5.71. The summed E-state index contributed by atoms with van der Waals surface area (Å²) in [6.07, 6.45) is 0.852. The predicted molar refractivity (Wildman–Crippen MR) is 88.3 cm³/mol. The maximum Gasteiger partial charge on any atom is 0.227 e. The Balaban J connectivity index is 1.90. The van der Waals surface area contributed by atoms with Gasteiger partial charge in [-0.25, -0.2) is 4.39 Å². The number of nitrogens with zero attached hydrogens (tertiary/aromatic N) is 2. The van der Waals surface area contributed by atoms with E-state index in [1.54, 1.807) is 19.1 Å². The number of rotatable bonds is 9. The number of hydrogen-bond acceptors (Lipinski definition) is 6. The first-order valence-electron chi connectivity index (χ1n) is 8.01. The lowest BCUT2D eigenvalue weighted by Gasteiger charge is -2.16. The molecule has 0 aliphatic heterocycles. The molecule has 136 valence electrons. The van der Waals surface area contributed by atoms with E-state index in [0.29, 0.717) is 30.0 Å². The van der Waals surface area contributed by atoms with Crippen LogP contribution in [0.5, 0.6) is 0 Å². The summed E-state index contributed by atoms with van der Waals surface area (Å²) >= 11 is 0. The Morgan fingerprint density at radius 3 is 2.96 bits per heavy atom. The van der Waals surface area contributed by atoms with Gasteiger partial charge in [-0.15, -0.1) is 0 Å². The summed E-state index contributed by atoms with van der Waals surface area (Å²) in [7, 11) is 1.53. The van der Waals surface area contributed by atoms with Gasteiger partial charge in [-0.05, 0) is 25.0 Å². The second-order valence-electron chi connectivity index (χ2n) is 5.71. The largest absolute Gasteiger partial charge is 0.396 e. The Bertz CT molecular complexity index is 699. The smallest absolute Gasteiger partial charge is 0.227 e. The van der Waals surface area contributed by atoms with Crippen LogP contribution >= 0.6 is 0 Å². The number of ether oxygens (including phenoxy) is 1. The van der Waals surface area contributed by atoms with E-state index in [-0.39, 0.29) is 43.0 Å². The summed E-state index contributed by atoms with van der Waals surface area (Å²) in [4.78, 5) is 16.1. The van der Waals surface area contributed by atoms with Crippen molar-refractivity contribution in [2.75, 3.05) is 20.3 Å². The number of carbonyl (C=O) groups is 1. The molecule has 0 fully saturated rings. The first kappa shape index (κ1) is 19.0. The molecule has 2 aromatic rings. The first-order valence-corrected chi connectivity index (χ1v) is 8.01. The molecule has 0 radical (unpaired) electrons. The molecule has 0 aliphatic rings. The fourth-order valence-corrected chi connectivity index (χ4v) is 2.28.